The van der Waals surface area contributed by atoms with Gasteiger partial charge in [0.05, 0.1) is 6.42 Å². The van der Waals surface area contributed by atoms with Gasteiger partial charge in [0.2, 0.25) is 0 Å². The van der Waals surface area contributed by atoms with E-state index in [1.165, 1.54) is 25.0 Å². The molecule has 1 aliphatic rings. The van der Waals surface area contributed by atoms with E-state index in [1.807, 2.05) is 24.3 Å². The van der Waals surface area contributed by atoms with Crippen molar-refractivity contribution in [3.05, 3.63) is 59.9 Å². The summed E-state index contributed by atoms with van der Waals surface area (Å²) in [6.07, 6.45) is 2.21. The van der Waals surface area contributed by atoms with Crippen LogP contribution in [-0.4, -0.2) is 31.6 Å². The summed E-state index contributed by atoms with van der Waals surface area (Å²) in [5.74, 6) is -1.54. The number of anilines is 2. The first-order valence-electron chi connectivity index (χ1n) is 8.66. The van der Waals surface area contributed by atoms with E-state index in [2.05, 4.69) is 10.2 Å². The molecule has 136 valence electrons. The summed E-state index contributed by atoms with van der Waals surface area (Å²) in [7, 11) is 0. The number of rotatable bonds is 6. The zero-order valence-corrected chi connectivity index (χ0v) is 14.4. The maximum absolute atomic E-state index is 13.5. The molecule has 2 aromatic rings. The number of hydrogen-bond donors (Lipinski definition) is 1. The van der Waals surface area contributed by atoms with Crippen molar-refractivity contribution < 1.29 is 18.7 Å². The number of benzene rings is 2. The molecular formula is C20H21FN2O3. The number of nitrogens with zero attached hydrogens (tertiary/aromatic N) is 1. The number of halogens is 1. The average molecular weight is 356 g/mol. The van der Waals surface area contributed by atoms with Crippen LogP contribution < -0.4 is 10.2 Å². The highest BCUT2D eigenvalue weighted by molar-refractivity contribution is 5.93. The molecule has 0 atom stereocenters. The van der Waals surface area contributed by atoms with E-state index in [1.54, 1.807) is 12.1 Å². The molecule has 0 aliphatic carbocycles. The number of amides is 1. The first-order chi connectivity index (χ1) is 12.6. The van der Waals surface area contributed by atoms with Crippen molar-refractivity contribution in [2.24, 2.45) is 0 Å². The topological polar surface area (TPSA) is 58.6 Å². The van der Waals surface area contributed by atoms with Gasteiger partial charge in [-0.2, -0.15) is 0 Å². The Kier molecular flexibility index (Phi) is 5.84. The van der Waals surface area contributed by atoms with Gasteiger partial charge in [0.25, 0.3) is 5.91 Å². The van der Waals surface area contributed by atoms with Crippen molar-refractivity contribution in [1.29, 1.82) is 0 Å². The predicted octanol–water partition coefficient (Wildman–Crippen LogP) is 3.15. The van der Waals surface area contributed by atoms with E-state index >= 15 is 0 Å². The fourth-order valence-electron chi connectivity index (χ4n) is 2.92. The van der Waals surface area contributed by atoms with Crippen LogP contribution in [0.25, 0.3) is 0 Å². The van der Waals surface area contributed by atoms with E-state index in [9.17, 15) is 14.0 Å². The molecule has 6 heteroatoms. The Hall–Kier alpha value is -2.89. The molecule has 0 unspecified atom stereocenters. The highest BCUT2D eigenvalue weighted by atomic mass is 19.1. The minimum absolute atomic E-state index is 0.204. The Morgan fingerprint density at radius 3 is 2.42 bits per heavy atom. The van der Waals surface area contributed by atoms with Crippen LogP contribution in [0.1, 0.15) is 18.4 Å². The third-order valence-corrected chi connectivity index (χ3v) is 4.28. The molecule has 1 fully saturated rings. The standard InChI is InChI=1S/C20H21FN2O3/c21-18-6-2-1-5-15(18)13-20(25)26-14-19(24)22-16-7-9-17(10-8-16)23-11-3-4-12-23/h1-2,5-10H,3-4,11-14H2,(H,22,24). The second kappa shape index (κ2) is 8.47. The van der Waals surface area contributed by atoms with Gasteiger partial charge in [-0.05, 0) is 48.7 Å². The van der Waals surface area contributed by atoms with Gasteiger partial charge >= 0.3 is 5.97 Å². The number of ether oxygens (including phenoxy) is 1. The van der Waals surface area contributed by atoms with Gasteiger partial charge in [-0.15, -0.1) is 0 Å². The molecule has 0 saturated carbocycles. The summed E-state index contributed by atoms with van der Waals surface area (Å²) in [5.41, 5.74) is 2.02. The molecular weight excluding hydrogens is 335 g/mol. The summed E-state index contributed by atoms with van der Waals surface area (Å²) in [6, 6.07) is 13.6. The van der Waals surface area contributed by atoms with E-state index in [0.29, 0.717) is 5.69 Å². The lowest BCUT2D eigenvalue weighted by Gasteiger charge is -2.17. The maximum atomic E-state index is 13.5. The second-order valence-corrected chi connectivity index (χ2v) is 6.22. The highest BCUT2D eigenvalue weighted by Gasteiger charge is 2.13. The Balaban J connectivity index is 1.45. The van der Waals surface area contributed by atoms with Crippen molar-refractivity contribution in [3.63, 3.8) is 0 Å². The lowest BCUT2D eigenvalue weighted by Crippen LogP contribution is -2.22. The SMILES string of the molecule is O=C(COC(=O)Cc1ccccc1F)Nc1ccc(N2CCCC2)cc1. The van der Waals surface area contributed by atoms with Gasteiger partial charge in [0, 0.05) is 24.5 Å². The molecule has 1 N–H and O–H groups in total. The molecule has 26 heavy (non-hydrogen) atoms. The fraction of sp³-hybridized carbons (Fsp3) is 0.300. The van der Waals surface area contributed by atoms with Crippen LogP contribution >= 0.6 is 0 Å². The Bertz CT molecular complexity index is 771. The van der Waals surface area contributed by atoms with Crippen LogP contribution in [0.3, 0.4) is 0 Å². The zero-order chi connectivity index (χ0) is 18.4. The Morgan fingerprint density at radius 2 is 1.73 bits per heavy atom. The molecule has 1 saturated heterocycles. The van der Waals surface area contributed by atoms with Gasteiger partial charge in [0.1, 0.15) is 5.82 Å². The summed E-state index contributed by atoms with van der Waals surface area (Å²) in [4.78, 5) is 25.9. The number of nitrogens with one attached hydrogen (secondary N) is 1. The fourth-order valence-corrected chi connectivity index (χ4v) is 2.92. The smallest absolute Gasteiger partial charge is 0.310 e. The van der Waals surface area contributed by atoms with Crippen LogP contribution in [-0.2, 0) is 20.7 Å². The minimum Gasteiger partial charge on any atom is -0.455 e. The molecule has 0 radical (unpaired) electrons. The van der Waals surface area contributed by atoms with Crippen LogP contribution in [0.4, 0.5) is 15.8 Å². The molecule has 1 aliphatic heterocycles. The maximum Gasteiger partial charge on any atom is 0.310 e. The number of esters is 1. The molecule has 2 aromatic carbocycles. The molecule has 3 rings (SSSR count). The third kappa shape index (κ3) is 4.81. The molecule has 0 bridgehead atoms. The summed E-state index contributed by atoms with van der Waals surface area (Å²) < 4.78 is 18.4. The first kappa shape index (κ1) is 17.9. The Morgan fingerprint density at radius 1 is 1.04 bits per heavy atom. The van der Waals surface area contributed by atoms with Gasteiger partial charge in [-0.1, -0.05) is 18.2 Å². The summed E-state index contributed by atoms with van der Waals surface area (Å²) >= 11 is 0. The van der Waals surface area contributed by atoms with Gasteiger partial charge in [0.15, 0.2) is 6.61 Å². The van der Waals surface area contributed by atoms with Crippen molar-refractivity contribution in [1.82, 2.24) is 0 Å². The summed E-state index contributed by atoms with van der Waals surface area (Å²) in [5, 5.41) is 2.68. The number of carbonyl (C=O) groups is 2. The number of carbonyl (C=O) groups excluding carboxylic acids is 2. The molecule has 0 spiro atoms. The zero-order valence-electron chi connectivity index (χ0n) is 14.4. The lowest BCUT2D eigenvalue weighted by atomic mass is 10.1. The monoisotopic (exact) mass is 356 g/mol. The van der Waals surface area contributed by atoms with E-state index in [4.69, 9.17) is 4.74 Å². The van der Waals surface area contributed by atoms with Crippen LogP contribution in [0.2, 0.25) is 0 Å². The van der Waals surface area contributed by atoms with Crippen LogP contribution in [0, 0.1) is 5.82 Å². The van der Waals surface area contributed by atoms with Gasteiger partial charge < -0.3 is 15.0 Å². The van der Waals surface area contributed by atoms with Crippen molar-refractivity contribution in [2.75, 3.05) is 29.9 Å². The van der Waals surface area contributed by atoms with E-state index in [-0.39, 0.29) is 12.0 Å². The second-order valence-electron chi connectivity index (χ2n) is 6.22. The molecule has 0 aromatic heterocycles. The largest absolute Gasteiger partial charge is 0.455 e. The summed E-state index contributed by atoms with van der Waals surface area (Å²) in [6.45, 7) is 1.72. The normalized spacial score (nSPS) is 13.5. The first-order valence-corrected chi connectivity index (χ1v) is 8.66. The number of hydrogen-bond acceptors (Lipinski definition) is 4. The van der Waals surface area contributed by atoms with E-state index < -0.39 is 24.3 Å². The molecule has 5 nitrogen and oxygen atoms in total. The predicted molar refractivity (Wildman–Crippen MR) is 97.6 cm³/mol. The van der Waals surface area contributed by atoms with Crippen molar-refractivity contribution in [3.8, 4) is 0 Å². The van der Waals surface area contributed by atoms with Crippen molar-refractivity contribution >= 4 is 23.3 Å². The minimum atomic E-state index is -0.644. The lowest BCUT2D eigenvalue weighted by molar-refractivity contribution is -0.146. The van der Waals surface area contributed by atoms with Crippen LogP contribution in [0.5, 0.6) is 0 Å². The Labute approximate surface area is 151 Å². The average Bonchev–Trinajstić information content (AvgIpc) is 3.17. The van der Waals surface area contributed by atoms with Crippen LogP contribution in [0.15, 0.2) is 48.5 Å². The van der Waals surface area contributed by atoms with Gasteiger partial charge in [-0.25, -0.2) is 4.39 Å². The van der Waals surface area contributed by atoms with Gasteiger partial charge in [-0.3, -0.25) is 9.59 Å². The molecule has 1 amide bonds. The quantitative estimate of drug-likeness (QED) is 0.808. The molecule has 1 heterocycles. The third-order valence-electron chi connectivity index (χ3n) is 4.28. The highest BCUT2D eigenvalue weighted by Crippen LogP contribution is 2.22. The van der Waals surface area contributed by atoms with E-state index in [0.717, 1.165) is 18.8 Å². The van der Waals surface area contributed by atoms with Crippen molar-refractivity contribution in [2.45, 2.75) is 19.3 Å².